The number of phenolic OH excluding ortho intramolecular Hbond substituents is 1. The van der Waals surface area contributed by atoms with Crippen molar-refractivity contribution in [3.8, 4) is 11.5 Å². The second-order valence-electron chi connectivity index (χ2n) is 11.5. The number of rotatable bonds is 10. The quantitative estimate of drug-likeness (QED) is 0.341. The van der Waals surface area contributed by atoms with E-state index in [1.165, 1.54) is 0 Å². The number of unbranched alkanes of at least 4 members (excludes halogenated alkanes) is 1. The van der Waals surface area contributed by atoms with Gasteiger partial charge in [0.25, 0.3) is 0 Å². The average Bonchev–Trinajstić information content (AvgIpc) is 3.02. The molecule has 2 N–H and O–H groups in total. The Labute approximate surface area is 258 Å². The number of methoxy groups -OCH3 is 1. The lowest BCUT2D eigenvalue weighted by Crippen LogP contribution is -2.76. The molecule has 2 aliphatic rings. The molecule has 3 aromatic rings. The lowest BCUT2D eigenvalue weighted by atomic mass is 9.98. The number of benzene rings is 3. The van der Waals surface area contributed by atoms with Crippen LogP contribution in [0.2, 0.25) is 0 Å². The predicted octanol–water partition coefficient (Wildman–Crippen LogP) is 4.06. The molecule has 44 heavy (non-hydrogen) atoms. The summed E-state index contributed by atoms with van der Waals surface area (Å²) in [6, 6.07) is 21.1. The normalized spacial score (nSPS) is 18.8. The first kappa shape index (κ1) is 30.9. The molecule has 0 aromatic heterocycles. The first-order chi connectivity index (χ1) is 21.3. The van der Waals surface area contributed by atoms with Gasteiger partial charge in [-0.15, -0.1) is 0 Å². The van der Waals surface area contributed by atoms with Gasteiger partial charge in [-0.3, -0.25) is 9.59 Å². The number of carbonyl (C=O) groups excluding carboxylic acids is 3. The fourth-order valence-electron chi connectivity index (χ4n) is 5.84. The summed E-state index contributed by atoms with van der Waals surface area (Å²) in [4.78, 5) is 45.3. The largest absolute Gasteiger partial charge is 0.508 e. The van der Waals surface area contributed by atoms with E-state index in [-0.39, 0.29) is 43.1 Å². The zero-order valence-corrected chi connectivity index (χ0v) is 25.6. The van der Waals surface area contributed by atoms with E-state index in [1.807, 2.05) is 55.5 Å². The van der Waals surface area contributed by atoms with Gasteiger partial charge in [0.2, 0.25) is 11.8 Å². The highest BCUT2D eigenvalue weighted by Crippen LogP contribution is 2.30. The van der Waals surface area contributed by atoms with Gasteiger partial charge in [0.15, 0.2) is 0 Å². The summed E-state index contributed by atoms with van der Waals surface area (Å²) in [7, 11) is 1.61. The van der Waals surface area contributed by atoms with Crippen molar-refractivity contribution in [2.45, 2.75) is 58.4 Å². The van der Waals surface area contributed by atoms with Crippen LogP contribution in [0.5, 0.6) is 11.5 Å². The number of nitrogens with one attached hydrogen (secondary N) is 1. The second-order valence-corrected chi connectivity index (χ2v) is 11.5. The minimum absolute atomic E-state index is 0.0383. The van der Waals surface area contributed by atoms with Crippen molar-refractivity contribution in [3.05, 3.63) is 95.1 Å². The number of fused-ring (bicyclic) bond motifs is 1. The summed E-state index contributed by atoms with van der Waals surface area (Å²) >= 11 is 0. The first-order valence-corrected chi connectivity index (χ1v) is 15.2. The van der Waals surface area contributed by atoms with Gasteiger partial charge in [-0.05, 0) is 54.3 Å². The molecule has 2 fully saturated rings. The van der Waals surface area contributed by atoms with E-state index in [0.717, 1.165) is 40.8 Å². The number of hydrazine groups is 1. The molecule has 10 nitrogen and oxygen atoms in total. The maximum atomic E-state index is 14.1. The molecule has 0 unspecified atom stereocenters. The molecule has 2 heterocycles. The molecule has 0 aliphatic carbocycles. The van der Waals surface area contributed by atoms with Crippen LogP contribution in [0.4, 0.5) is 4.79 Å². The number of hydrogen-bond acceptors (Lipinski definition) is 6. The Balaban J connectivity index is 1.51. The highest BCUT2D eigenvalue weighted by Gasteiger charge is 2.51. The molecule has 2 atom stereocenters. The molecule has 4 amide bonds. The average molecular weight is 600 g/mol. The number of hydrogen-bond donors (Lipinski definition) is 2. The molecule has 232 valence electrons. The monoisotopic (exact) mass is 599 g/mol. The Morgan fingerprint density at radius 1 is 0.932 bits per heavy atom. The van der Waals surface area contributed by atoms with Crippen LogP contribution >= 0.6 is 0 Å². The Morgan fingerprint density at radius 3 is 2.23 bits per heavy atom. The number of nitrogens with zero attached hydrogens (tertiary/aromatic N) is 4. The molecule has 0 spiro atoms. The van der Waals surface area contributed by atoms with Crippen molar-refractivity contribution in [2.24, 2.45) is 0 Å². The van der Waals surface area contributed by atoms with Crippen LogP contribution in [-0.4, -0.2) is 81.7 Å². The zero-order valence-electron chi connectivity index (χ0n) is 25.6. The number of phenols is 1. The Bertz CT molecular complexity index is 1440. The maximum Gasteiger partial charge on any atom is 0.333 e. The van der Waals surface area contributed by atoms with Crippen molar-refractivity contribution in [1.29, 1.82) is 0 Å². The van der Waals surface area contributed by atoms with Crippen molar-refractivity contribution < 1.29 is 24.2 Å². The van der Waals surface area contributed by atoms with Crippen LogP contribution in [0.1, 0.15) is 42.0 Å². The Kier molecular flexibility index (Phi) is 9.69. The number of aryl methyl sites for hydroxylation is 1. The van der Waals surface area contributed by atoms with E-state index < -0.39 is 12.2 Å². The van der Waals surface area contributed by atoms with Gasteiger partial charge >= 0.3 is 6.03 Å². The minimum Gasteiger partial charge on any atom is -0.508 e. The van der Waals surface area contributed by atoms with E-state index in [0.29, 0.717) is 19.6 Å². The second kappa shape index (κ2) is 13.8. The van der Waals surface area contributed by atoms with Gasteiger partial charge in [0.1, 0.15) is 23.7 Å². The van der Waals surface area contributed by atoms with Crippen LogP contribution in [0.15, 0.2) is 72.8 Å². The number of aromatic hydroxyl groups is 1. The van der Waals surface area contributed by atoms with Gasteiger partial charge in [-0.1, -0.05) is 67.4 Å². The third-order valence-corrected chi connectivity index (χ3v) is 8.23. The fourth-order valence-corrected chi connectivity index (χ4v) is 5.84. The Hall–Kier alpha value is -4.57. The summed E-state index contributed by atoms with van der Waals surface area (Å²) in [5.74, 6) is 0.450. The number of piperazine rings is 1. The van der Waals surface area contributed by atoms with Gasteiger partial charge in [-0.25, -0.2) is 14.8 Å². The van der Waals surface area contributed by atoms with Crippen molar-refractivity contribution in [3.63, 3.8) is 0 Å². The Morgan fingerprint density at radius 2 is 1.57 bits per heavy atom. The smallest absolute Gasteiger partial charge is 0.333 e. The zero-order chi connectivity index (χ0) is 31.2. The number of carbonyl (C=O) groups is 3. The number of amides is 4. The van der Waals surface area contributed by atoms with E-state index in [4.69, 9.17) is 4.74 Å². The third-order valence-electron chi connectivity index (χ3n) is 8.23. The van der Waals surface area contributed by atoms with Crippen LogP contribution in [0.25, 0.3) is 0 Å². The molecule has 2 aliphatic heterocycles. The van der Waals surface area contributed by atoms with Crippen molar-refractivity contribution in [1.82, 2.24) is 25.1 Å². The van der Waals surface area contributed by atoms with E-state index in [2.05, 4.69) is 12.2 Å². The highest BCUT2D eigenvalue weighted by atomic mass is 16.5. The van der Waals surface area contributed by atoms with Crippen LogP contribution in [0.3, 0.4) is 0 Å². The molecular weight excluding hydrogens is 558 g/mol. The molecule has 10 heteroatoms. The maximum absolute atomic E-state index is 14.1. The standard InChI is InChI=1S/C34H41N5O5/c1-4-5-18-35-34(43)39-31-22-36(20-26-12-16-29(44-3)17-13-26)33(42)30(19-25-10-14-28(40)15-11-25)38(31)32(41)23-37(39)21-27-8-6-24(2)7-9-27/h6-17,30-31,40H,4-5,18-23H2,1-3H3,(H,35,43)/t30-,31-/m0/s1. The molecule has 3 aromatic carbocycles. The van der Waals surface area contributed by atoms with Crippen molar-refractivity contribution >= 4 is 17.8 Å². The molecule has 0 bridgehead atoms. The summed E-state index contributed by atoms with van der Waals surface area (Å²) < 4.78 is 5.30. The van der Waals surface area contributed by atoms with Crippen LogP contribution in [-0.2, 0) is 29.1 Å². The summed E-state index contributed by atoms with van der Waals surface area (Å²) in [5.41, 5.74) is 3.82. The first-order valence-electron chi connectivity index (χ1n) is 15.2. The fraction of sp³-hybridized carbons (Fsp3) is 0.382. The van der Waals surface area contributed by atoms with E-state index in [9.17, 15) is 19.5 Å². The van der Waals surface area contributed by atoms with Gasteiger partial charge < -0.3 is 25.0 Å². The molecule has 2 saturated heterocycles. The van der Waals surface area contributed by atoms with E-state index in [1.54, 1.807) is 51.2 Å². The summed E-state index contributed by atoms with van der Waals surface area (Å²) in [6.07, 6.45) is 1.31. The predicted molar refractivity (Wildman–Crippen MR) is 166 cm³/mol. The minimum atomic E-state index is -0.823. The van der Waals surface area contributed by atoms with Crippen LogP contribution in [0, 0.1) is 6.92 Å². The van der Waals surface area contributed by atoms with Gasteiger partial charge in [-0.2, -0.15) is 0 Å². The molecule has 5 rings (SSSR count). The summed E-state index contributed by atoms with van der Waals surface area (Å²) in [5, 5.41) is 16.3. The lowest BCUT2D eigenvalue weighted by Gasteiger charge is -2.55. The molecule has 0 radical (unpaired) electrons. The SMILES string of the molecule is CCCCNC(=O)N1[C@H]2CN(Cc3ccc(OC)cc3)C(=O)[C@H](Cc3ccc(O)cc3)N2C(=O)CN1Cc1ccc(C)cc1. The summed E-state index contributed by atoms with van der Waals surface area (Å²) in [6.45, 7) is 5.40. The topological polar surface area (TPSA) is 106 Å². The number of urea groups is 1. The van der Waals surface area contributed by atoms with Crippen molar-refractivity contribution in [2.75, 3.05) is 26.7 Å². The van der Waals surface area contributed by atoms with Crippen LogP contribution < -0.4 is 10.1 Å². The molecule has 0 saturated carbocycles. The number of ether oxygens (including phenoxy) is 1. The molecular formula is C34H41N5O5. The van der Waals surface area contributed by atoms with E-state index >= 15 is 0 Å². The highest BCUT2D eigenvalue weighted by molar-refractivity contribution is 5.91. The third kappa shape index (κ3) is 6.97. The lowest BCUT2D eigenvalue weighted by molar-refractivity contribution is -0.192. The van der Waals surface area contributed by atoms with Gasteiger partial charge in [0.05, 0.1) is 20.2 Å². The van der Waals surface area contributed by atoms with Gasteiger partial charge in [0, 0.05) is 26.1 Å².